The number of hydrogen-bond donors (Lipinski definition) is 3. The van der Waals surface area contributed by atoms with Crippen LogP contribution in [0.4, 0.5) is 33.3 Å². The highest BCUT2D eigenvalue weighted by atomic mass is 35.5. The lowest BCUT2D eigenvalue weighted by Gasteiger charge is -2.19. The second-order valence-electron chi connectivity index (χ2n) is 9.79. The van der Waals surface area contributed by atoms with E-state index in [1.807, 2.05) is 0 Å². The van der Waals surface area contributed by atoms with E-state index in [0.717, 1.165) is 25.0 Å². The Morgan fingerprint density at radius 3 is 2.55 bits per heavy atom. The fraction of sp³-hybridized carbons (Fsp3) is 0.222. The van der Waals surface area contributed by atoms with Crippen molar-refractivity contribution in [3.8, 4) is 0 Å². The summed E-state index contributed by atoms with van der Waals surface area (Å²) in [4.78, 5) is 30.7. The molecule has 2 amide bonds. The summed E-state index contributed by atoms with van der Waals surface area (Å²) in [7, 11) is 0. The van der Waals surface area contributed by atoms with E-state index in [9.17, 15) is 31.5 Å². The maximum Gasteiger partial charge on any atom is 0.416 e. The fourth-order valence-corrected chi connectivity index (χ4v) is 4.95. The lowest BCUT2D eigenvalue weighted by atomic mass is 9.95. The van der Waals surface area contributed by atoms with E-state index in [1.165, 1.54) is 18.2 Å². The first kappa shape index (κ1) is 26.1. The summed E-state index contributed by atoms with van der Waals surface area (Å²) in [5.41, 5.74) is -1.47. The zero-order valence-corrected chi connectivity index (χ0v) is 21.0. The van der Waals surface area contributed by atoms with Gasteiger partial charge in [0.25, 0.3) is 17.8 Å². The van der Waals surface area contributed by atoms with E-state index in [-0.39, 0.29) is 50.7 Å². The molecule has 3 aliphatic rings. The number of amides is 2. The van der Waals surface area contributed by atoms with Crippen molar-refractivity contribution in [1.29, 1.82) is 0 Å². The molecule has 0 aromatic heterocycles. The highest BCUT2D eigenvalue weighted by Crippen LogP contribution is 2.44. The number of carbonyl (C=O) groups is 2. The van der Waals surface area contributed by atoms with Crippen LogP contribution in [0.25, 0.3) is 0 Å². The number of carbonyl (C=O) groups excluding carboxylic acids is 2. The maximum atomic E-state index is 14.1. The van der Waals surface area contributed by atoms with Gasteiger partial charge < -0.3 is 20.7 Å². The van der Waals surface area contributed by atoms with Crippen molar-refractivity contribution in [2.75, 3.05) is 17.2 Å². The van der Waals surface area contributed by atoms with E-state index < -0.39 is 46.8 Å². The molecular formula is C27H18ClF5N4O3. The first-order valence-corrected chi connectivity index (χ1v) is 12.4. The number of nitrogens with one attached hydrogen (secondary N) is 3. The summed E-state index contributed by atoms with van der Waals surface area (Å²) >= 11 is 6.30. The van der Waals surface area contributed by atoms with Gasteiger partial charge in [-0.2, -0.15) is 13.2 Å². The van der Waals surface area contributed by atoms with Crippen molar-refractivity contribution >= 4 is 40.8 Å². The van der Waals surface area contributed by atoms with E-state index in [1.54, 1.807) is 0 Å². The van der Waals surface area contributed by atoms with Crippen LogP contribution in [0.15, 0.2) is 53.5 Å². The van der Waals surface area contributed by atoms with E-state index in [0.29, 0.717) is 18.7 Å². The topological polar surface area (TPSA) is 91.8 Å². The van der Waals surface area contributed by atoms with Crippen LogP contribution in [-0.4, -0.2) is 30.0 Å². The Morgan fingerprint density at radius 1 is 1.07 bits per heavy atom. The third-order valence-electron chi connectivity index (χ3n) is 6.89. The van der Waals surface area contributed by atoms with Crippen LogP contribution in [0, 0.1) is 11.6 Å². The molecule has 1 saturated carbocycles. The molecule has 2 aliphatic heterocycles. The Hall–Kier alpha value is -4.19. The monoisotopic (exact) mass is 576 g/mol. The number of hydrogen-bond acceptors (Lipinski definition) is 5. The average Bonchev–Trinajstić information content (AvgIpc) is 3.41. The number of rotatable bonds is 4. The van der Waals surface area contributed by atoms with Crippen LogP contribution >= 0.6 is 11.6 Å². The molecule has 1 spiro atoms. The number of benzene rings is 3. The van der Waals surface area contributed by atoms with Gasteiger partial charge in [-0.25, -0.2) is 13.8 Å². The van der Waals surface area contributed by atoms with Crippen LogP contribution in [0.3, 0.4) is 0 Å². The van der Waals surface area contributed by atoms with Gasteiger partial charge in [0.15, 0.2) is 0 Å². The Labute approximate surface area is 228 Å². The third-order valence-corrected chi connectivity index (χ3v) is 7.23. The van der Waals surface area contributed by atoms with E-state index >= 15 is 0 Å². The molecule has 3 aromatic carbocycles. The number of alkyl halides is 3. The fourth-order valence-electron chi connectivity index (χ4n) is 4.73. The molecule has 40 heavy (non-hydrogen) atoms. The van der Waals surface area contributed by atoms with E-state index in [2.05, 4.69) is 20.9 Å². The SMILES string of the molecule is O=C(Nc1cc(NC2=NC3(CC3)CO2)cc2c1C(c1cc(F)ccc1Cl)NC2=O)c1cc(F)cc(C(F)(F)F)c1. The van der Waals surface area contributed by atoms with Gasteiger partial charge in [-0.3, -0.25) is 9.59 Å². The van der Waals surface area contributed by atoms with Gasteiger partial charge >= 0.3 is 6.18 Å². The molecule has 1 fully saturated rings. The molecular weight excluding hydrogens is 559 g/mol. The molecule has 3 N–H and O–H groups in total. The Morgan fingerprint density at radius 2 is 1.85 bits per heavy atom. The molecule has 3 aromatic rings. The van der Waals surface area contributed by atoms with Crippen molar-refractivity contribution in [3.05, 3.63) is 93.0 Å². The first-order chi connectivity index (χ1) is 18.9. The zero-order chi connectivity index (χ0) is 28.4. The number of nitrogens with zero attached hydrogens (tertiary/aromatic N) is 1. The van der Waals surface area contributed by atoms with Gasteiger partial charge in [-0.05, 0) is 61.4 Å². The number of amidine groups is 1. The molecule has 1 atom stereocenters. The highest BCUT2D eigenvalue weighted by molar-refractivity contribution is 6.31. The smallest absolute Gasteiger partial charge is 0.416 e. The van der Waals surface area contributed by atoms with Gasteiger partial charge in [0.05, 0.1) is 11.6 Å². The molecule has 7 nitrogen and oxygen atoms in total. The van der Waals surface area contributed by atoms with Gasteiger partial charge in [-0.15, -0.1) is 0 Å². The van der Waals surface area contributed by atoms with Crippen LogP contribution in [0.2, 0.25) is 5.02 Å². The third kappa shape index (κ3) is 4.83. The van der Waals surface area contributed by atoms with Crippen molar-refractivity contribution in [3.63, 3.8) is 0 Å². The lowest BCUT2D eigenvalue weighted by molar-refractivity contribution is -0.137. The summed E-state index contributed by atoms with van der Waals surface area (Å²) < 4.78 is 73.5. The second-order valence-corrected chi connectivity index (χ2v) is 10.2. The average molecular weight is 577 g/mol. The van der Waals surface area contributed by atoms with Crippen molar-refractivity contribution in [1.82, 2.24) is 5.32 Å². The number of ether oxygens (including phenoxy) is 1. The first-order valence-electron chi connectivity index (χ1n) is 12.0. The van der Waals surface area contributed by atoms with Crippen LogP contribution in [0.1, 0.15) is 56.3 Å². The minimum Gasteiger partial charge on any atom is -0.462 e. The highest BCUT2D eigenvalue weighted by Gasteiger charge is 2.48. The van der Waals surface area contributed by atoms with Crippen molar-refractivity contribution in [2.24, 2.45) is 4.99 Å². The quantitative estimate of drug-likeness (QED) is 0.330. The molecule has 1 aliphatic carbocycles. The summed E-state index contributed by atoms with van der Waals surface area (Å²) in [5, 5.41) is 8.27. The molecule has 0 saturated heterocycles. The molecule has 6 rings (SSSR count). The summed E-state index contributed by atoms with van der Waals surface area (Å²) in [6, 6.07) is 7.11. The van der Waals surface area contributed by atoms with Crippen molar-refractivity contribution in [2.45, 2.75) is 30.6 Å². The maximum absolute atomic E-state index is 14.1. The number of anilines is 2. The number of fused-ring (bicyclic) bond motifs is 1. The van der Waals surface area contributed by atoms with Crippen LogP contribution in [-0.2, 0) is 10.9 Å². The van der Waals surface area contributed by atoms with Gasteiger partial charge in [0.1, 0.15) is 23.8 Å². The number of halogens is 6. The molecule has 0 bridgehead atoms. The molecule has 1 unspecified atom stereocenters. The second kappa shape index (κ2) is 9.19. The normalized spacial score (nSPS) is 18.6. The van der Waals surface area contributed by atoms with Gasteiger partial charge in [-0.1, -0.05) is 11.6 Å². The molecule has 0 radical (unpaired) electrons. The summed E-state index contributed by atoms with van der Waals surface area (Å²) in [6.45, 7) is 0.394. The molecule has 13 heteroatoms. The predicted octanol–water partition coefficient (Wildman–Crippen LogP) is 6.05. The predicted molar refractivity (Wildman–Crippen MR) is 135 cm³/mol. The Balaban J connectivity index is 1.43. The largest absolute Gasteiger partial charge is 0.462 e. The van der Waals surface area contributed by atoms with Gasteiger partial charge in [0.2, 0.25) is 0 Å². The summed E-state index contributed by atoms with van der Waals surface area (Å²) in [6.07, 6.45) is -3.15. The molecule has 2 heterocycles. The van der Waals surface area contributed by atoms with Gasteiger partial charge in [0, 0.05) is 38.7 Å². The Kier molecular flexibility index (Phi) is 5.98. The van der Waals surface area contributed by atoms with Crippen molar-refractivity contribution < 1.29 is 36.3 Å². The minimum absolute atomic E-state index is 0.00812. The minimum atomic E-state index is -4.89. The van der Waals surface area contributed by atoms with Crippen LogP contribution in [0.5, 0.6) is 0 Å². The molecule has 206 valence electrons. The number of aliphatic imine (C=N–C) groups is 1. The standard InChI is InChI=1S/C27H18ClF5N4O3/c28-19-2-1-14(29)8-17(19)22-21-18(24(39)36-22)9-16(34-25-37-26(3-4-26)11-40-25)10-20(21)35-23(38)12-5-13(27(31,32)33)7-15(30)6-12/h1-2,5-10,22H,3-4,11H2,(H,34,37)(H,35,38)(H,36,39). The van der Waals surface area contributed by atoms with Crippen LogP contribution < -0.4 is 16.0 Å². The lowest BCUT2D eigenvalue weighted by Crippen LogP contribution is -2.21. The van der Waals surface area contributed by atoms with E-state index in [4.69, 9.17) is 16.3 Å². The zero-order valence-electron chi connectivity index (χ0n) is 20.3. The summed E-state index contributed by atoms with van der Waals surface area (Å²) in [5.74, 6) is -3.53. The Bertz CT molecular complexity index is 1620.